The molecule has 2 aromatic heterocycles. The third-order valence-electron chi connectivity index (χ3n) is 14.6. The van der Waals surface area contributed by atoms with Crippen LogP contribution in [0.15, 0.2) is 72.2 Å². The van der Waals surface area contributed by atoms with Gasteiger partial charge in [-0.25, -0.2) is 4.98 Å². The van der Waals surface area contributed by atoms with Crippen LogP contribution in [0.5, 0.6) is 5.75 Å². The summed E-state index contributed by atoms with van der Waals surface area (Å²) in [6, 6.07) is 2.80. The minimum Gasteiger partial charge on any atom is -0.508 e. The molecule has 8 atom stereocenters. The summed E-state index contributed by atoms with van der Waals surface area (Å²) in [6.45, 7) is 7.90. The Morgan fingerprint density at radius 3 is 2.06 bits per heavy atom. The first-order chi connectivity index (χ1) is 40.5. The Bertz CT molecular complexity index is 3030. The fourth-order valence-electron chi connectivity index (χ4n) is 10.0. The number of fused-ring (bicyclic) bond motifs is 1. The van der Waals surface area contributed by atoms with Crippen molar-refractivity contribution in [2.45, 2.75) is 153 Å². The summed E-state index contributed by atoms with van der Waals surface area (Å²) in [5.41, 5.74) is 11.4. The van der Waals surface area contributed by atoms with Crippen LogP contribution < -0.4 is 59.3 Å². The number of amides is 10. The van der Waals surface area contributed by atoms with E-state index in [9.17, 15) is 58.2 Å². The number of nitrogens with two attached hydrogens (primary N) is 2. The quantitative estimate of drug-likeness (QED) is 0.0152. The summed E-state index contributed by atoms with van der Waals surface area (Å²) in [7, 11) is 0. The third kappa shape index (κ3) is 18.7. The number of phenolic OH excluding ortho intramolecular Hbond substituents is 1. The van der Waals surface area contributed by atoms with Crippen LogP contribution in [0.2, 0.25) is 0 Å². The highest BCUT2D eigenvalue weighted by atomic mass is 16.3. The number of aliphatic hydroxyl groups excluding tert-OH is 1. The molecule has 0 spiro atoms. The van der Waals surface area contributed by atoms with E-state index in [0.29, 0.717) is 41.6 Å². The minimum atomic E-state index is -1.81. The van der Waals surface area contributed by atoms with Gasteiger partial charge in [0.1, 0.15) is 59.6 Å². The van der Waals surface area contributed by atoms with Crippen LogP contribution in [0.4, 0.5) is 0 Å². The Hall–Kier alpha value is -9.08. The maximum atomic E-state index is 14.5. The van der Waals surface area contributed by atoms with Gasteiger partial charge in [0.2, 0.25) is 59.1 Å². The van der Waals surface area contributed by atoms with E-state index >= 15 is 0 Å². The summed E-state index contributed by atoms with van der Waals surface area (Å²) in [6.07, 6.45) is 5.71. The number of para-hydroxylation sites is 1. The van der Waals surface area contributed by atoms with Crippen LogP contribution in [-0.2, 0) is 67.2 Å². The number of nitrogens with zero attached hydrogens (tertiary/aromatic N) is 3. The molecule has 0 unspecified atom stereocenters. The predicted molar refractivity (Wildman–Crippen MR) is 311 cm³/mol. The lowest BCUT2D eigenvalue weighted by Gasteiger charge is -2.32. The molecule has 0 aliphatic carbocycles. The van der Waals surface area contributed by atoms with E-state index in [2.05, 4.69) is 67.8 Å². The van der Waals surface area contributed by atoms with Crippen LogP contribution in [0.25, 0.3) is 10.9 Å². The normalized spacial score (nSPS) is 17.0. The molecule has 10 amide bonds. The number of benzene rings is 2. The molecular weight excluding hydrogens is 1100 g/mol. The number of nitrogens with one attached hydrogen (secondary N) is 11. The van der Waals surface area contributed by atoms with Crippen molar-refractivity contribution in [2.24, 2.45) is 22.4 Å². The molecule has 4 aromatic rings. The molecule has 6 rings (SSSR count). The number of aromatic amines is 2. The fourth-order valence-corrected chi connectivity index (χ4v) is 10.0. The summed E-state index contributed by atoms with van der Waals surface area (Å²) >= 11 is 0. The average Bonchev–Trinajstić information content (AvgIpc) is 4.53. The number of carbonyl (C=O) groups is 10. The number of aromatic nitrogens is 3. The van der Waals surface area contributed by atoms with Crippen molar-refractivity contribution in [1.82, 2.24) is 67.7 Å². The average molecular weight is 1180 g/mol. The smallest absolute Gasteiger partial charge is 0.245 e. The molecule has 0 bridgehead atoms. The number of phenols is 1. The summed E-state index contributed by atoms with van der Waals surface area (Å²) in [5.74, 6) is -7.49. The number of H-pyrrole nitrogens is 2. The van der Waals surface area contributed by atoms with Crippen molar-refractivity contribution in [1.29, 1.82) is 0 Å². The number of carbonyl (C=O) groups excluding carboxylic acids is 10. The van der Waals surface area contributed by atoms with Gasteiger partial charge in [0.25, 0.3) is 0 Å². The Labute approximate surface area is 491 Å². The summed E-state index contributed by atoms with van der Waals surface area (Å²) in [4.78, 5) is 154. The molecule has 0 radical (unpaired) electrons. The molecule has 2 fully saturated rings. The summed E-state index contributed by atoms with van der Waals surface area (Å²) in [5, 5.41) is 45.5. The first-order valence-corrected chi connectivity index (χ1v) is 28.5. The molecule has 28 heteroatoms. The zero-order chi connectivity index (χ0) is 62.0. The minimum absolute atomic E-state index is 0.0830. The number of hydrogen-bond donors (Lipinski definition) is 15. The van der Waals surface area contributed by atoms with Gasteiger partial charge in [0.15, 0.2) is 5.96 Å². The number of likely N-dealkylation sites (tertiary alicyclic amines) is 1. The van der Waals surface area contributed by atoms with Crippen LogP contribution in [0, 0.1) is 5.92 Å². The van der Waals surface area contributed by atoms with Gasteiger partial charge < -0.3 is 84.4 Å². The maximum Gasteiger partial charge on any atom is 0.245 e. The van der Waals surface area contributed by atoms with Gasteiger partial charge in [-0.3, -0.25) is 52.9 Å². The molecule has 460 valence electrons. The lowest BCUT2D eigenvalue weighted by atomic mass is 9.98. The highest BCUT2D eigenvalue weighted by molar-refractivity contribution is 6.00. The van der Waals surface area contributed by atoms with E-state index < -0.39 is 108 Å². The number of imidazole rings is 1. The number of aromatic hydroxyl groups is 1. The van der Waals surface area contributed by atoms with Crippen LogP contribution in [0.1, 0.15) is 96.4 Å². The Morgan fingerprint density at radius 2 is 1.42 bits per heavy atom. The topological polar surface area (TPSA) is 432 Å². The Balaban J connectivity index is 1.20. The van der Waals surface area contributed by atoms with Crippen LogP contribution >= 0.6 is 0 Å². The van der Waals surface area contributed by atoms with Gasteiger partial charge in [-0.1, -0.05) is 44.2 Å². The zero-order valence-corrected chi connectivity index (χ0v) is 48.4. The van der Waals surface area contributed by atoms with E-state index in [1.165, 1.54) is 55.5 Å². The molecule has 4 heterocycles. The van der Waals surface area contributed by atoms with Gasteiger partial charge >= 0.3 is 0 Å². The number of rotatable bonds is 30. The van der Waals surface area contributed by atoms with Gasteiger partial charge in [-0.2, -0.15) is 0 Å². The largest absolute Gasteiger partial charge is 0.508 e. The van der Waals surface area contributed by atoms with E-state index in [4.69, 9.17) is 11.5 Å². The van der Waals surface area contributed by atoms with Gasteiger partial charge in [0, 0.05) is 74.3 Å². The first-order valence-electron chi connectivity index (χ1n) is 28.5. The highest BCUT2D eigenvalue weighted by Gasteiger charge is 2.41. The molecule has 28 nitrogen and oxygen atoms in total. The molecule has 2 aliphatic rings. The predicted octanol–water partition coefficient (Wildman–Crippen LogP) is -2.07. The van der Waals surface area contributed by atoms with Crippen molar-refractivity contribution in [2.75, 3.05) is 26.2 Å². The van der Waals surface area contributed by atoms with Crippen LogP contribution in [-0.4, -0.2) is 175 Å². The number of aliphatic hydroxyl groups is 1. The Kier molecular flexibility index (Phi) is 23.3. The lowest BCUT2D eigenvalue weighted by molar-refractivity contribution is -0.142. The molecule has 2 saturated heterocycles. The fraction of sp³-hybridized carbons (Fsp3) is 0.509. The first kappa shape index (κ1) is 65.1. The molecule has 0 saturated carbocycles. The number of guanidine groups is 1. The van der Waals surface area contributed by atoms with E-state index in [1.807, 2.05) is 19.9 Å². The highest BCUT2D eigenvalue weighted by Crippen LogP contribution is 2.22. The van der Waals surface area contributed by atoms with Gasteiger partial charge in [-0.15, -0.1) is 0 Å². The monoisotopic (exact) mass is 1180 g/mol. The number of hydrogen-bond acceptors (Lipinski definition) is 14. The van der Waals surface area contributed by atoms with Crippen molar-refractivity contribution in [3.05, 3.63) is 84.1 Å². The van der Waals surface area contributed by atoms with E-state index in [-0.39, 0.29) is 93.9 Å². The summed E-state index contributed by atoms with van der Waals surface area (Å²) < 4.78 is 0. The number of likely N-dealkylation sites (N-methyl/N-ethyl adjacent to an activating group) is 1. The van der Waals surface area contributed by atoms with E-state index in [1.54, 1.807) is 31.3 Å². The van der Waals surface area contributed by atoms with Gasteiger partial charge in [0.05, 0.1) is 12.9 Å². The molecule has 2 aromatic carbocycles. The maximum absolute atomic E-state index is 14.5. The zero-order valence-electron chi connectivity index (χ0n) is 48.4. The third-order valence-corrected chi connectivity index (χ3v) is 14.6. The number of aliphatic imine (C=N–C) groups is 1. The molecule has 85 heavy (non-hydrogen) atoms. The second-order valence-corrected chi connectivity index (χ2v) is 22.2. The second-order valence-electron chi connectivity index (χ2n) is 22.2. The van der Waals surface area contributed by atoms with Crippen molar-refractivity contribution in [3.8, 4) is 5.75 Å². The van der Waals surface area contributed by atoms with Crippen LogP contribution in [0.3, 0.4) is 0 Å². The van der Waals surface area contributed by atoms with Crippen molar-refractivity contribution in [3.63, 3.8) is 0 Å². The standard InChI is InChI=1S/C57H80N16O12/c1-6-61-53(83)45-14-10-22-73(45)54(84)39(13-9-21-62-56(58)59)66-48(78)40(23-31(2)3)71-55(85)57(4,5)72-52(82)41(24-32-15-17-35(75)18-16-32)67-51(81)44(29-74)70-49(79)42(25-33-27-63-37-12-8-7-11-36(33)37)68-50(80)43(26-34-28-60-30-64-34)69-47(77)38-19-20-46(76)65-38/h7-8,11-12,15-18,27-28,30-31,38-45,63,74-75H,6,9-10,13-14,19-26,29H2,1-5H3,(H,60,64)(H,61,83)(H,65,76)(H,66,78)(H,67,81)(H,68,80)(H,69,77)(H,70,79)(H,71,85)(H,72,82)(H4,58,59,62)/t38-,39-,40-,41-,42-,43-,44-,45-/m0/s1. The SMILES string of the molecule is CCNC(=O)[C@@H]1CCCN1C(=O)[C@H](CCCN=C(N)N)NC(=O)[C@H](CC(C)C)NC(=O)C(C)(C)NC(=O)[C@H](Cc1ccc(O)cc1)NC(=O)[C@H](CO)NC(=O)[C@H](Cc1c[nH]c2ccccc12)NC(=O)[C@H](Cc1cnc[nH]1)NC(=O)[C@@H]1CCC(=O)N1. The second kappa shape index (κ2) is 30.5. The molecule has 2 aliphatic heterocycles. The van der Waals surface area contributed by atoms with E-state index in [0.717, 1.165) is 5.52 Å². The Morgan fingerprint density at radius 1 is 0.776 bits per heavy atom. The van der Waals surface area contributed by atoms with Gasteiger partial charge in [-0.05, 0) is 94.5 Å². The lowest BCUT2D eigenvalue weighted by Crippen LogP contribution is -2.64. The molecular formula is C57H80N16O12. The van der Waals surface area contributed by atoms with Crippen molar-refractivity contribution < 1.29 is 58.2 Å². The molecule has 17 N–H and O–H groups in total. The van der Waals surface area contributed by atoms with Crippen molar-refractivity contribution >= 4 is 75.9 Å².